The molecule has 0 aromatic carbocycles. The van der Waals surface area contributed by atoms with Crippen LogP contribution in [0.15, 0.2) is 0 Å². The van der Waals surface area contributed by atoms with E-state index in [1.807, 2.05) is 0 Å². The molecule has 0 aromatic heterocycles. The molecule has 0 aromatic rings. The Labute approximate surface area is 378 Å². The lowest BCUT2D eigenvalue weighted by Crippen LogP contribution is -2.68. The maximum atomic E-state index is 11.2. The first-order chi connectivity index (χ1) is 31.8. The number of rotatable bonds is 16. The van der Waals surface area contributed by atoms with Crippen molar-refractivity contribution in [2.75, 3.05) is 39.6 Å². The summed E-state index contributed by atoms with van der Waals surface area (Å²) >= 11 is 0. The summed E-state index contributed by atoms with van der Waals surface area (Å²) in [5.74, 6) is 0. The zero-order valence-corrected chi connectivity index (χ0v) is 35.0. The van der Waals surface area contributed by atoms with Gasteiger partial charge in [-0.15, -0.1) is 0 Å². The van der Waals surface area contributed by atoms with Gasteiger partial charge in [0.1, 0.15) is 146 Å². The van der Waals surface area contributed by atoms with Crippen LogP contribution in [0.1, 0.15) is 0 Å². The Bertz CT molecular complexity index is 1500. The van der Waals surface area contributed by atoms with Gasteiger partial charge in [0.15, 0.2) is 37.7 Å². The van der Waals surface area contributed by atoms with Gasteiger partial charge < -0.3 is 154 Å². The van der Waals surface area contributed by atoms with E-state index in [2.05, 4.69) is 0 Å². The highest BCUT2D eigenvalue weighted by Gasteiger charge is 2.57. The van der Waals surface area contributed by atoms with Gasteiger partial charge in [-0.05, 0) is 0 Å². The molecule has 30 atom stereocenters. The third-order valence-corrected chi connectivity index (χ3v) is 12.4. The van der Waals surface area contributed by atoms with E-state index in [0.717, 1.165) is 0 Å². The number of aliphatic hydroxyl groups is 20. The van der Waals surface area contributed by atoms with Crippen LogP contribution in [-0.4, -0.2) is 326 Å². The van der Waals surface area contributed by atoms with Crippen molar-refractivity contribution in [3.8, 4) is 0 Å². The molecular formula is C36H62O31. The Hall–Kier alpha value is -1.24. The maximum Gasteiger partial charge on any atom is 0.189 e. The quantitative estimate of drug-likeness (QED) is 0.0683. The van der Waals surface area contributed by atoms with E-state index in [1.54, 1.807) is 0 Å². The first-order valence-electron chi connectivity index (χ1n) is 21.1. The smallest absolute Gasteiger partial charge is 0.189 e. The molecule has 0 unspecified atom stereocenters. The molecule has 67 heavy (non-hydrogen) atoms. The number of aliphatic hydroxyl groups excluding tert-OH is 20. The molecule has 31 heteroatoms. The van der Waals surface area contributed by atoms with Gasteiger partial charge in [-0.25, -0.2) is 0 Å². The zero-order valence-electron chi connectivity index (χ0n) is 35.0. The first-order valence-corrected chi connectivity index (χ1v) is 21.1. The summed E-state index contributed by atoms with van der Waals surface area (Å²) in [7, 11) is 0. The van der Waals surface area contributed by atoms with Crippen molar-refractivity contribution >= 4 is 0 Å². The summed E-state index contributed by atoms with van der Waals surface area (Å²) in [6, 6.07) is 0. The van der Waals surface area contributed by atoms with Gasteiger partial charge in [0.05, 0.1) is 39.6 Å². The molecule has 0 saturated carbocycles. The SMILES string of the molecule is OC[C@H]1O[C@@H](O[C@@H]2[C@H](O)[C@@H](O)[C@H](O[C@H]3O[C@H](CO)[C@@H](O[C@@H]4O[C@H](CO)[C@H](O[C@@H]5O[C@H](CO)[C@H](O[C@@H]6O[C@H](CO)[C@H](O)[C@H](O)[C@H]6O)[C@H](O)[C@H]5O)[C@H](O)[C@H]4O)[C@H](O)[C@H]3O)O[C@@H]2CO)[C@H](O)[C@@H](O)[C@H]1O. The lowest BCUT2D eigenvalue weighted by atomic mass is 9.95. The van der Waals surface area contributed by atoms with Crippen LogP contribution in [0.25, 0.3) is 0 Å². The van der Waals surface area contributed by atoms with E-state index < -0.39 is 224 Å². The Balaban J connectivity index is 1.06. The van der Waals surface area contributed by atoms with Crippen molar-refractivity contribution in [1.82, 2.24) is 0 Å². The Morgan fingerprint density at radius 1 is 0.209 bits per heavy atom. The Kier molecular flexibility index (Phi) is 19.4. The second-order valence-electron chi connectivity index (χ2n) is 16.8. The van der Waals surface area contributed by atoms with Crippen LogP contribution in [-0.2, 0) is 52.1 Å². The minimum atomic E-state index is -2.17. The molecule has 6 fully saturated rings. The molecule has 0 spiro atoms. The van der Waals surface area contributed by atoms with Crippen molar-refractivity contribution < 1.29 is 154 Å². The fourth-order valence-corrected chi connectivity index (χ4v) is 8.44. The summed E-state index contributed by atoms with van der Waals surface area (Å²) in [5.41, 5.74) is 0. The van der Waals surface area contributed by atoms with Crippen molar-refractivity contribution in [2.24, 2.45) is 0 Å². The van der Waals surface area contributed by atoms with Gasteiger partial charge in [-0.2, -0.15) is 0 Å². The fourth-order valence-electron chi connectivity index (χ4n) is 8.44. The van der Waals surface area contributed by atoms with E-state index in [1.165, 1.54) is 0 Å². The van der Waals surface area contributed by atoms with Crippen molar-refractivity contribution in [2.45, 2.75) is 184 Å². The zero-order chi connectivity index (χ0) is 49.3. The molecule has 20 N–H and O–H groups in total. The second kappa shape index (κ2) is 23.5. The van der Waals surface area contributed by atoms with E-state index in [0.29, 0.717) is 0 Å². The number of hydrogen-bond acceptors (Lipinski definition) is 31. The predicted molar refractivity (Wildman–Crippen MR) is 199 cm³/mol. The van der Waals surface area contributed by atoms with Crippen LogP contribution in [0.4, 0.5) is 0 Å². The highest BCUT2D eigenvalue weighted by molar-refractivity contribution is 4.99. The molecule has 0 radical (unpaired) electrons. The topological polar surface area (TPSA) is 506 Å². The van der Waals surface area contributed by atoms with Gasteiger partial charge in [-0.3, -0.25) is 0 Å². The van der Waals surface area contributed by atoms with Gasteiger partial charge in [0.25, 0.3) is 0 Å². The highest BCUT2D eigenvalue weighted by Crippen LogP contribution is 2.36. The second-order valence-corrected chi connectivity index (χ2v) is 16.8. The monoisotopic (exact) mass is 990 g/mol. The average Bonchev–Trinajstić information content (AvgIpc) is 3.32. The largest absolute Gasteiger partial charge is 0.394 e. The van der Waals surface area contributed by atoms with E-state index in [-0.39, 0.29) is 0 Å². The summed E-state index contributed by atoms with van der Waals surface area (Å²) in [5, 5.41) is 209. The highest BCUT2D eigenvalue weighted by atomic mass is 16.8. The lowest BCUT2D eigenvalue weighted by Gasteiger charge is -2.49. The third-order valence-electron chi connectivity index (χ3n) is 12.4. The van der Waals surface area contributed by atoms with Crippen molar-refractivity contribution in [3.05, 3.63) is 0 Å². The standard InChI is InChI=1S/C36H62O31/c37-1-7-13(43)15(45)21(51)31(57-7)63-27-9(3-39)59-33(23(53)17(27)47)65-28-10(4-40)60-34(24(54)18(28)48)66-30-12(6-42)62-36(26(56)20(30)50)67-35-25(55)19(49)29(11(5-41)61-35)64-32-22(52)16(46)14(44)8(2-38)58-32/h7-56H,1-6H2/t7-,8-,9-,10-,11-,12-,13+,14+,15+,16+,17-,18-,19-,20-,21-,22-,23-,24-,25-,26-,27+,28+,29+,30-,31+,32+,33+,34+,35+,36-/m1/s1. The van der Waals surface area contributed by atoms with Gasteiger partial charge >= 0.3 is 0 Å². The van der Waals surface area contributed by atoms with Gasteiger partial charge in [0.2, 0.25) is 0 Å². The molecule has 6 aliphatic rings. The number of hydrogen-bond donors (Lipinski definition) is 20. The molecule has 6 rings (SSSR count). The third kappa shape index (κ3) is 11.2. The molecule has 0 bridgehead atoms. The predicted octanol–water partition coefficient (Wildman–Crippen LogP) is -14.1. The van der Waals surface area contributed by atoms with E-state index >= 15 is 0 Å². The Morgan fingerprint density at radius 3 is 0.597 bits per heavy atom. The summed E-state index contributed by atoms with van der Waals surface area (Å²) in [4.78, 5) is 0. The molecule has 6 saturated heterocycles. The average molecular weight is 991 g/mol. The molecule has 6 aliphatic heterocycles. The van der Waals surface area contributed by atoms with Crippen LogP contribution in [0.2, 0.25) is 0 Å². The minimum absolute atomic E-state index is 0.828. The molecule has 6 heterocycles. The van der Waals surface area contributed by atoms with Crippen LogP contribution in [0, 0.1) is 0 Å². The van der Waals surface area contributed by atoms with Gasteiger partial charge in [0, 0.05) is 0 Å². The van der Waals surface area contributed by atoms with Crippen molar-refractivity contribution in [3.63, 3.8) is 0 Å². The first kappa shape index (κ1) is 55.1. The van der Waals surface area contributed by atoms with Crippen molar-refractivity contribution in [1.29, 1.82) is 0 Å². The molecule has 31 nitrogen and oxygen atoms in total. The van der Waals surface area contributed by atoms with Crippen LogP contribution < -0.4 is 0 Å². The fraction of sp³-hybridized carbons (Fsp3) is 1.00. The van der Waals surface area contributed by atoms with Crippen LogP contribution in [0.3, 0.4) is 0 Å². The number of ether oxygens (including phenoxy) is 11. The molecule has 392 valence electrons. The lowest BCUT2D eigenvalue weighted by molar-refractivity contribution is -0.405. The molecular weight excluding hydrogens is 928 g/mol. The van der Waals surface area contributed by atoms with E-state index in [4.69, 9.17) is 52.1 Å². The normalized spacial score (nSPS) is 53.4. The molecule has 0 amide bonds. The minimum Gasteiger partial charge on any atom is -0.394 e. The summed E-state index contributed by atoms with van der Waals surface area (Å²) < 4.78 is 60.6. The van der Waals surface area contributed by atoms with Crippen LogP contribution >= 0.6 is 0 Å². The maximum absolute atomic E-state index is 11.2. The van der Waals surface area contributed by atoms with Gasteiger partial charge in [-0.1, -0.05) is 0 Å². The van der Waals surface area contributed by atoms with Crippen LogP contribution in [0.5, 0.6) is 0 Å². The van der Waals surface area contributed by atoms with E-state index in [9.17, 15) is 102 Å². The summed E-state index contributed by atoms with van der Waals surface area (Å²) in [6.45, 7) is -5.62. The molecule has 0 aliphatic carbocycles. The summed E-state index contributed by atoms with van der Waals surface area (Å²) in [6.07, 6.45) is -56.4. The Morgan fingerprint density at radius 2 is 0.388 bits per heavy atom.